The summed E-state index contributed by atoms with van der Waals surface area (Å²) in [6.45, 7) is -0.150. The summed E-state index contributed by atoms with van der Waals surface area (Å²) in [5, 5.41) is 10.1. The molecule has 122 valence electrons. The van der Waals surface area contributed by atoms with Crippen molar-refractivity contribution < 1.29 is 23.8 Å². The minimum Gasteiger partial charge on any atom is -0.497 e. The van der Waals surface area contributed by atoms with Crippen LogP contribution in [-0.4, -0.2) is 28.5 Å². The maximum absolute atomic E-state index is 13.0. The van der Waals surface area contributed by atoms with Gasteiger partial charge in [0.15, 0.2) is 5.78 Å². The van der Waals surface area contributed by atoms with E-state index in [-0.39, 0.29) is 18.0 Å². The predicted molar refractivity (Wildman–Crippen MR) is 86.2 cm³/mol. The van der Waals surface area contributed by atoms with Crippen molar-refractivity contribution >= 4 is 22.7 Å². The zero-order valence-corrected chi connectivity index (χ0v) is 12.8. The van der Waals surface area contributed by atoms with E-state index in [1.165, 1.54) is 42.0 Å². The van der Waals surface area contributed by atoms with Crippen LogP contribution in [0.3, 0.4) is 0 Å². The monoisotopic (exact) mass is 327 g/mol. The number of carbonyl (C=O) groups excluding carboxylic acids is 1. The number of hydrogen-bond donors (Lipinski definition) is 1. The van der Waals surface area contributed by atoms with E-state index < -0.39 is 11.8 Å². The van der Waals surface area contributed by atoms with E-state index in [9.17, 15) is 19.1 Å². The van der Waals surface area contributed by atoms with Gasteiger partial charge in [-0.05, 0) is 48.5 Å². The van der Waals surface area contributed by atoms with Gasteiger partial charge < -0.3 is 14.4 Å². The molecule has 3 rings (SSSR count). The van der Waals surface area contributed by atoms with Crippen LogP contribution in [0, 0.1) is 5.82 Å². The van der Waals surface area contributed by atoms with E-state index in [1.807, 2.05) is 0 Å². The summed E-state index contributed by atoms with van der Waals surface area (Å²) in [6.07, 6.45) is 0. The third-order valence-electron chi connectivity index (χ3n) is 3.80. The Morgan fingerprint density at radius 2 is 1.83 bits per heavy atom. The Kier molecular flexibility index (Phi) is 4.04. The number of benzene rings is 2. The zero-order valence-electron chi connectivity index (χ0n) is 12.8. The molecule has 0 spiro atoms. The number of nitrogens with zero attached hydrogens (tertiary/aromatic N) is 1. The van der Waals surface area contributed by atoms with Gasteiger partial charge in [-0.25, -0.2) is 9.18 Å². The van der Waals surface area contributed by atoms with Crippen LogP contribution in [0.4, 0.5) is 4.39 Å². The average molecular weight is 327 g/mol. The second-order valence-corrected chi connectivity index (χ2v) is 5.28. The molecule has 0 bridgehead atoms. The summed E-state index contributed by atoms with van der Waals surface area (Å²) >= 11 is 0. The first-order chi connectivity index (χ1) is 11.5. The number of ether oxygens (including phenoxy) is 1. The van der Waals surface area contributed by atoms with Gasteiger partial charge in [0.05, 0.1) is 13.7 Å². The summed E-state index contributed by atoms with van der Waals surface area (Å²) in [4.78, 5) is 23.9. The highest BCUT2D eigenvalue weighted by molar-refractivity contribution is 6.00. The fraction of sp³-hybridized carbons (Fsp3) is 0.111. The highest BCUT2D eigenvalue weighted by atomic mass is 19.1. The van der Waals surface area contributed by atoms with E-state index in [2.05, 4.69) is 0 Å². The number of rotatable bonds is 5. The first kappa shape index (κ1) is 15.7. The van der Waals surface area contributed by atoms with Crippen molar-refractivity contribution in [3.63, 3.8) is 0 Å². The fourth-order valence-corrected chi connectivity index (χ4v) is 2.59. The van der Waals surface area contributed by atoms with E-state index in [0.29, 0.717) is 22.2 Å². The number of carbonyl (C=O) groups is 2. The van der Waals surface area contributed by atoms with Crippen molar-refractivity contribution in [2.24, 2.45) is 0 Å². The van der Waals surface area contributed by atoms with Gasteiger partial charge in [-0.2, -0.15) is 0 Å². The molecule has 0 aliphatic heterocycles. The second-order valence-electron chi connectivity index (χ2n) is 5.28. The molecular weight excluding hydrogens is 313 g/mol. The van der Waals surface area contributed by atoms with Gasteiger partial charge >= 0.3 is 5.97 Å². The Hall–Kier alpha value is -3.15. The quantitative estimate of drug-likeness (QED) is 0.730. The second kappa shape index (κ2) is 6.16. The first-order valence-corrected chi connectivity index (χ1v) is 7.19. The van der Waals surface area contributed by atoms with E-state index in [1.54, 1.807) is 18.2 Å². The molecule has 3 aromatic rings. The standard InChI is InChI=1S/C18H14FNO4/c1-24-14-6-7-15-12(8-14)9-16(18(22)23)20(15)10-17(21)11-2-4-13(19)5-3-11/h2-9H,10H2,1H3,(H,22,23). The van der Waals surface area contributed by atoms with Crippen LogP contribution < -0.4 is 4.74 Å². The number of ketones is 1. The van der Waals surface area contributed by atoms with Crippen molar-refractivity contribution in [2.75, 3.05) is 7.11 Å². The van der Waals surface area contributed by atoms with E-state index in [0.717, 1.165) is 0 Å². The lowest BCUT2D eigenvalue weighted by atomic mass is 10.1. The minimum atomic E-state index is -1.13. The third kappa shape index (κ3) is 2.86. The molecule has 0 aliphatic rings. The van der Waals surface area contributed by atoms with Gasteiger partial charge in [-0.15, -0.1) is 0 Å². The van der Waals surface area contributed by atoms with Gasteiger partial charge in [0.2, 0.25) is 0 Å². The molecule has 1 heterocycles. The third-order valence-corrected chi connectivity index (χ3v) is 3.80. The molecule has 0 amide bonds. The maximum Gasteiger partial charge on any atom is 0.352 e. The Morgan fingerprint density at radius 3 is 2.46 bits per heavy atom. The molecule has 0 saturated carbocycles. The van der Waals surface area contributed by atoms with Crippen LogP contribution in [0.2, 0.25) is 0 Å². The van der Waals surface area contributed by atoms with Crippen molar-refractivity contribution in [1.82, 2.24) is 4.57 Å². The van der Waals surface area contributed by atoms with Crippen LogP contribution >= 0.6 is 0 Å². The number of Topliss-reactive ketones (excluding diaryl/α,β-unsaturated/α-hetero) is 1. The molecule has 0 aliphatic carbocycles. The zero-order chi connectivity index (χ0) is 17.3. The number of halogens is 1. The number of carboxylic acids is 1. The number of fused-ring (bicyclic) bond motifs is 1. The largest absolute Gasteiger partial charge is 0.497 e. The predicted octanol–water partition coefficient (Wildman–Crippen LogP) is 3.37. The molecule has 0 fully saturated rings. The fourth-order valence-electron chi connectivity index (χ4n) is 2.59. The van der Waals surface area contributed by atoms with Crippen molar-refractivity contribution in [3.8, 4) is 5.75 Å². The highest BCUT2D eigenvalue weighted by Gasteiger charge is 2.18. The smallest absolute Gasteiger partial charge is 0.352 e. The summed E-state index contributed by atoms with van der Waals surface area (Å²) < 4.78 is 19.5. The minimum absolute atomic E-state index is 0.00807. The number of methoxy groups -OCH3 is 1. The Morgan fingerprint density at radius 1 is 1.12 bits per heavy atom. The molecule has 1 N–H and O–H groups in total. The van der Waals surface area contributed by atoms with Crippen LogP contribution in [0.15, 0.2) is 48.5 Å². The summed E-state index contributed by atoms with van der Waals surface area (Å²) in [5.74, 6) is -1.26. The number of hydrogen-bond acceptors (Lipinski definition) is 3. The first-order valence-electron chi connectivity index (χ1n) is 7.19. The summed E-state index contributed by atoms with van der Waals surface area (Å²) in [7, 11) is 1.52. The molecule has 6 heteroatoms. The van der Waals surface area contributed by atoms with Crippen LogP contribution in [0.25, 0.3) is 10.9 Å². The normalized spacial score (nSPS) is 10.8. The van der Waals surface area contributed by atoms with Gasteiger partial charge in [-0.3, -0.25) is 4.79 Å². The Bertz CT molecular complexity index is 928. The van der Waals surface area contributed by atoms with Crippen LogP contribution in [-0.2, 0) is 6.54 Å². The van der Waals surface area contributed by atoms with Gasteiger partial charge in [-0.1, -0.05) is 0 Å². The Labute approximate surface area is 136 Å². The lowest BCUT2D eigenvalue weighted by Crippen LogP contribution is -2.15. The molecule has 24 heavy (non-hydrogen) atoms. The molecule has 5 nitrogen and oxygen atoms in total. The molecule has 1 aromatic heterocycles. The van der Waals surface area contributed by atoms with Crippen molar-refractivity contribution in [2.45, 2.75) is 6.54 Å². The van der Waals surface area contributed by atoms with Crippen LogP contribution in [0.1, 0.15) is 20.8 Å². The molecular formula is C18H14FNO4. The van der Waals surface area contributed by atoms with E-state index in [4.69, 9.17) is 4.74 Å². The van der Waals surface area contributed by atoms with Crippen molar-refractivity contribution in [1.29, 1.82) is 0 Å². The van der Waals surface area contributed by atoms with Crippen molar-refractivity contribution in [3.05, 3.63) is 65.6 Å². The summed E-state index contributed by atoms with van der Waals surface area (Å²) in [5.41, 5.74) is 0.945. The SMILES string of the molecule is COc1ccc2c(c1)cc(C(=O)O)n2CC(=O)c1ccc(F)cc1. The molecule has 0 atom stereocenters. The summed E-state index contributed by atoms with van der Waals surface area (Å²) in [6, 6.07) is 11.8. The highest BCUT2D eigenvalue weighted by Crippen LogP contribution is 2.25. The molecule has 2 aromatic carbocycles. The molecule has 0 unspecified atom stereocenters. The number of aromatic carboxylic acids is 1. The number of carboxylic acid groups (broad SMARTS) is 1. The van der Waals surface area contributed by atoms with Gasteiger partial charge in [0.25, 0.3) is 0 Å². The average Bonchev–Trinajstić information content (AvgIpc) is 2.93. The van der Waals surface area contributed by atoms with Gasteiger partial charge in [0.1, 0.15) is 17.3 Å². The van der Waals surface area contributed by atoms with E-state index >= 15 is 0 Å². The molecule has 0 radical (unpaired) electrons. The lowest BCUT2D eigenvalue weighted by molar-refractivity contribution is 0.0685. The molecule has 0 saturated heterocycles. The topological polar surface area (TPSA) is 68.5 Å². The Balaban J connectivity index is 2.03. The lowest BCUT2D eigenvalue weighted by Gasteiger charge is -2.08. The van der Waals surface area contributed by atoms with Gasteiger partial charge in [0, 0.05) is 16.5 Å². The maximum atomic E-state index is 13.0. The number of aromatic nitrogens is 1. The van der Waals surface area contributed by atoms with Crippen LogP contribution in [0.5, 0.6) is 5.75 Å².